The molecule has 4 heterocycles. The Morgan fingerprint density at radius 3 is 2.51 bits per heavy atom. The SMILES string of the molecule is Cc1ncc(C2COc3nc(C(F)(F)F)ccc3CN2)c(C2CCN(C(=O)Nc3c(F)cccc3F)CC2)n1. The summed E-state index contributed by atoms with van der Waals surface area (Å²) in [6, 6.07) is 4.62. The van der Waals surface area contributed by atoms with Gasteiger partial charge in [0, 0.05) is 42.9 Å². The highest BCUT2D eigenvalue weighted by molar-refractivity contribution is 5.89. The number of para-hydroxylation sites is 1. The molecule has 1 fully saturated rings. The minimum atomic E-state index is -4.58. The lowest BCUT2D eigenvalue weighted by molar-refractivity contribution is -0.141. The average Bonchev–Trinajstić information content (AvgIpc) is 3.12. The first-order chi connectivity index (χ1) is 18.6. The summed E-state index contributed by atoms with van der Waals surface area (Å²) in [4.78, 5) is 26.8. The number of hydrogen-bond acceptors (Lipinski definition) is 6. The highest BCUT2D eigenvalue weighted by Crippen LogP contribution is 2.35. The first-order valence-electron chi connectivity index (χ1n) is 12.4. The van der Waals surface area contributed by atoms with Gasteiger partial charge >= 0.3 is 12.2 Å². The van der Waals surface area contributed by atoms with Gasteiger partial charge in [0.2, 0.25) is 5.88 Å². The van der Waals surface area contributed by atoms with E-state index in [1.807, 2.05) is 0 Å². The van der Waals surface area contributed by atoms with E-state index < -0.39 is 41.3 Å². The number of carbonyl (C=O) groups is 1. The number of aryl methyl sites for hydroxylation is 1. The van der Waals surface area contributed by atoms with E-state index in [2.05, 4.69) is 25.6 Å². The third-order valence-electron chi connectivity index (χ3n) is 6.86. The molecule has 1 atom stereocenters. The summed E-state index contributed by atoms with van der Waals surface area (Å²) in [7, 11) is 0. The van der Waals surface area contributed by atoms with Gasteiger partial charge in [-0.25, -0.2) is 28.5 Å². The normalized spacial score (nSPS) is 18.2. The monoisotopic (exact) mass is 548 g/mol. The standard InChI is InChI=1S/C26H25F5N6O2/c1-14-32-12-17(20-13-39-24-16(11-33-20)5-6-21(35-24)26(29,30)31)22(34-14)15-7-9-37(10-8-15)25(38)36-23-18(27)3-2-4-19(23)28/h2-6,12,15,20,33H,7-11,13H2,1H3,(H,36,38). The lowest BCUT2D eigenvalue weighted by Gasteiger charge is -2.33. The molecule has 2 N–H and O–H groups in total. The van der Waals surface area contributed by atoms with Gasteiger partial charge in [0.15, 0.2) is 0 Å². The van der Waals surface area contributed by atoms with Gasteiger partial charge in [-0.1, -0.05) is 12.1 Å². The van der Waals surface area contributed by atoms with Crippen LogP contribution in [0, 0.1) is 18.6 Å². The summed E-state index contributed by atoms with van der Waals surface area (Å²) < 4.78 is 72.9. The second-order valence-corrected chi connectivity index (χ2v) is 9.45. The van der Waals surface area contributed by atoms with Crippen molar-refractivity contribution < 1.29 is 31.5 Å². The molecule has 0 bridgehead atoms. The maximum absolute atomic E-state index is 14.0. The first-order valence-corrected chi connectivity index (χ1v) is 12.4. The zero-order valence-corrected chi connectivity index (χ0v) is 20.9. The molecule has 39 heavy (non-hydrogen) atoms. The van der Waals surface area contributed by atoms with Gasteiger partial charge in [-0.15, -0.1) is 0 Å². The predicted octanol–water partition coefficient (Wildman–Crippen LogP) is 5.11. The Hall–Kier alpha value is -3.87. The van der Waals surface area contributed by atoms with Crippen molar-refractivity contribution in [3.63, 3.8) is 0 Å². The van der Waals surface area contributed by atoms with E-state index in [-0.39, 0.29) is 24.9 Å². The Balaban J connectivity index is 1.28. The first kappa shape index (κ1) is 26.7. The number of benzene rings is 1. The molecule has 2 aromatic heterocycles. The number of nitrogens with one attached hydrogen (secondary N) is 2. The Morgan fingerprint density at radius 2 is 1.82 bits per heavy atom. The zero-order valence-electron chi connectivity index (χ0n) is 20.9. The van der Waals surface area contributed by atoms with Crippen molar-refractivity contribution in [2.75, 3.05) is 25.0 Å². The van der Waals surface area contributed by atoms with Crippen LogP contribution in [-0.4, -0.2) is 45.6 Å². The van der Waals surface area contributed by atoms with E-state index >= 15 is 0 Å². The van der Waals surface area contributed by atoms with Crippen LogP contribution in [-0.2, 0) is 12.7 Å². The number of fused-ring (bicyclic) bond motifs is 1. The van der Waals surface area contributed by atoms with Crippen molar-refractivity contribution in [3.8, 4) is 5.88 Å². The molecule has 2 amide bonds. The van der Waals surface area contributed by atoms with Crippen LogP contribution < -0.4 is 15.4 Å². The summed E-state index contributed by atoms with van der Waals surface area (Å²) in [6.45, 7) is 2.69. The van der Waals surface area contributed by atoms with Gasteiger partial charge in [-0.2, -0.15) is 13.2 Å². The molecule has 206 valence electrons. The largest absolute Gasteiger partial charge is 0.475 e. The van der Waals surface area contributed by atoms with Gasteiger partial charge < -0.3 is 20.3 Å². The number of carbonyl (C=O) groups excluding carboxylic acids is 1. The van der Waals surface area contributed by atoms with E-state index in [9.17, 15) is 26.7 Å². The molecule has 1 saturated heterocycles. The summed E-state index contributed by atoms with van der Waals surface area (Å²) in [5, 5.41) is 5.62. The molecular weight excluding hydrogens is 523 g/mol. The summed E-state index contributed by atoms with van der Waals surface area (Å²) in [5.41, 5.74) is 0.508. The van der Waals surface area contributed by atoms with Crippen LogP contribution in [0.15, 0.2) is 36.5 Å². The third-order valence-corrected chi connectivity index (χ3v) is 6.86. The molecular formula is C26H25F5N6O2. The highest BCUT2D eigenvalue weighted by atomic mass is 19.4. The zero-order chi connectivity index (χ0) is 27.7. The molecule has 0 spiro atoms. The number of anilines is 1. The smallest absolute Gasteiger partial charge is 0.433 e. The molecule has 5 rings (SSSR count). The number of halogens is 5. The van der Waals surface area contributed by atoms with E-state index in [4.69, 9.17) is 4.74 Å². The fourth-order valence-corrected chi connectivity index (χ4v) is 4.79. The molecule has 1 unspecified atom stereocenters. The Labute approximate surface area is 220 Å². The quantitative estimate of drug-likeness (QED) is 0.442. The van der Waals surface area contributed by atoms with Gasteiger partial charge in [0.1, 0.15) is 35.4 Å². The van der Waals surface area contributed by atoms with E-state index in [1.54, 1.807) is 13.1 Å². The molecule has 0 radical (unpaired) electrons. The van der Waals surface area contributed by atoms with E-state index in [0.29, 0.717) is 37.3 Å². The highest BCUT2D eigenvalue weighted by Gasteiger charge is 2.35. The summed E-state index contributed by atoms with van der Waals surface area (Å²) in [6.07, 6.45) is -1.81. The molecule has 8 nitrogen and oxygen atoms in total. The lowest BCUT2D eigenvalue weighted by Crippen LogP contribution is -2.41. The topological polar surface area (TPSA) is 92.3 Å². The Kier molecular flexibility index (Phi) is 7.34. The fourth-order valence-electron chi connectivity index (χ4n) is 4.79. The van der Waals surface area contributed by atoms with Crippen molar-refractivity contribution in [1.29, 1.82) is 0 Å². The molecule has 0 saturated carbocycles. The maximum atomic E-state index is 14.0. The molecule has 1 aromatic carbocycles. The predicted molar refractivity (Wildman–Crippen MR) is 130 cm³/mol. The minimum absolute atomic E-state index is 0.0240. The molecule has 3 aromatic rings. The van der Waals surface area contributed by atoms with E-state index in [1.165, 1.54) is 17.0 Å². The van der Waals surface area contributed by atoms with Crippen molar-refractivity contribution in [1.82, 2.24) is 25.2 Å². The number of aromatic nitrogens is 3. The number of alkyl halides is 3. The van der Waals surface area contributed by atoms with Gasteiger partial charge in [0.05, 0.1) is 11.7 Å². The van der Waals surface area contributed by atoms with Crippen LogP contribution in [0.1, 0.15) is 53.1 Å². The van der Waals surface area contributed by atoms with Gasteiger partial charge in [-0.3, -0.25) is 0 Å². The van der Waals surface area contributed by atoms with Crippen molar-refractivity contribution in [2.45, 2.75) is 44.4 Å². The number of piperidine rings is 1. The summed E-state index contributed by atoms with van der Waals surface area (Å²) >= 11 is 0. The van der Waals surface area contributed by atoms with Gasteiger partial charge in [0.25, 0.3) is 0 Å². The van der Waals surface area contributed by atoms with Crippen LogP contribution in [0.3, 0.4) is 0 Å². The molecule has 2 aliphatic heterocycles. The van der Waals surface area contributed by atoms with Gasteiger partial charge in [-0.05, 0) is 38.0 Å². The molecule has 13 heteroatoms. The second kappa shape index (κ2) is 10.7. The Morgan fingerprint density at radius 1 is 1.10 bits per heavy atom. The van der Waals surface area contributed by atoms with E-state index in [0.717, 1.165) is 29.5 Å². The average molecular weight is 549 g/mol. The van der Waals surface area contributed by atoms with Crippen LogP contribution in [0.25, 0.3) is 0 Å². The number of pyridine rings is 1. The minimum Gasteiger partial charge on any atom is -0.475 e. The van der Waals surface area contributed by atoms with Crippen molar-refractivity contribution in [3.05, 3.63) is 76.5 Å². The number of nitrogens with zero attached hydrogens (tertiary/aromatic N) is 4. The van der Waals surface area contributed by atoms with Crippen LogP contribution in [0.5, 0.6) is 5.88 Å². The lowest BCUT2D eigenvalue weighted by atomic mass is 9.89. The second-order valence-electron chi connectivity index (χ2n) is 9.45. The molecule has 2 aliphatic rings. The third kappa shape index (κ3) is 5.77. The maximum Gasteiger partial charge on any atom is 0.433 e. The summed E-state index contributed by atoms with van der Waals surface area (Å²) in [5.74, 6) is -1.27. The number of amides is 2. The number of likely N-dealkylation sites (tertiary alicyclic amines) is 1. The van der Waals surface area contributed by atoms with Crippen LogP contribution >= 0.6 is 0 Å². The van der Waals surface area contributed by atoms with Crippen molar-refractivity contribution >= 4 is 11.7 Å². The number of urea groups is 1. The Bertz CT molecular complexity index is 1360. The molecule has 0 aliphatic carbocycles. The number of hydrogen-bond donors (Lipinski definition) is 2. The number of ether oxygens (including phenoxy) is 1. The number of rotatable bonds is 3. The van der Waals surface area contributed by atoms with Crippen LogP contribution in [0.2, 0.25) is 0 Å². The van der Waals surface area contributed by atoms with Crippen LogP contribution in [0.4, 0.5) is 32.4 Å². The van der Waals surface area contributed by atoms with Crippen molar-refractivity contribution in [2.24, 2.45) is 0 Å². The fraction of sp³-hybridized carbons (Fsp3) is 0.385.